The van der Waals surface area contributed by atoms with Gasteiger partial charge in [-0.25, -0.2) is 0 Å². The molecule has 0 saturated carbocycles. The van der Waals surface area contributed by atoms with E-state index in [1.54, 1.807) is 6.92 Å². The van der Waals surface area contributed by atoms with Crippen LogP contribution in [-0.2, 0) is 4.79 Å². The van der Waals surface area contributed by atoms with E-state index in [1.807, 2.05) is 0 Å². The van der Waals surface area contributed by atoms with Crippen LogP contribution in [0.2, 0.25) is 0 Å². The lowest BCUT2D eigenvalue weighted by atomic mass is 10.1. The molecule has 56 valence electrons. The summed E-state index contributed by atoms with van der Waals surface area (Å²) in [5.74, 6) is 0.161. The third kappa shape index (κ3) is 5.22. The molecule has 0 heterocycles. The SMILES string of the molecule is C=NCCC(=C)CC(C)=O. The van der Waals surface area contributed by atoms with Gasteiger partial charge in [0.2, 0.25) is 0 Å². The Kier molecular flexibility index (Phi) is 4.46. The summed E-state index contributed by atoms with van der Waals surface area (Å²) in [5.41, 5.74) is 0.944. The van der Waals surface area contributed by atoms with Gasteiger partial charge in [0, 0.05) is 13.0 Å². The molecule has 0 N–H and O–H groups in total. The zero-order valence-electron chi connectivity index (χ0n) is 6.39. The number of carbonyl (C=O) groups excluding carboxylic acids is 1. The molecule has 0 aliphatic rings. The summed E-state index contributed by atoms with van der Waals surface area (Å²) in [6.45, 7) is 9.29. The van der Waals surface area contributed by atoms with Gasteiger partial charge in [0.25, 0.3) is 0 Å². The predicted molar refractivity (Wildman–Crippen MR) is 43.5 cm³/mol. The Bertz CT molecular complexity index is 149. The van der Waals surface area contributed by atoms with Crippen LogP contribution < -0.4 is 0 Å². The summed E-state index contributed by atoms with van der Waals surface area (Å²) in [6.07, 6.45) is 1.26. The number of aliphatic imine (C=N–C) groups is 1. The largest absolute Gasteiger partial charge is 0.301 e. The van der Waals surface area contributed by atoms with Crippen LogP contribution in [0.1, 0.15) is 19.8 Å². The minimum absolute atomic E-state index is 0.161. The van der Waals surface area contributed by atoms with Crippen molar-refractivity contribution in [1.29, 1.82) is 0 Å². The molecule has 0 aromatic heterocycles. The molecule has 0 amide bonds. The minimum Gasteiger partial charge on any atom is -0.301 e. The maximum atomic E-state index is 10.5. The van der Waals surface area contributed by atoms with Gasteiger partial charge in [-0.2, -0.15) is 0 Å². The summed E-state index contributed by atoms with van der Waals surface area (Å²) in [4.78, 5) is 14.2. The number of ketones is 1. The number of Topliss-reactive ketones (excluding diaryl/α,β-unsaturated/α-hetero) is 1. The molecule has 0 unspecified atom stereocenters. The molecule has 0 saturated heterocycles. The number of hydrogen-bond acceptors (Lipinski definition) is 2. The van der Waals surface area contributed by atoms with Crippen molar-refractivity contribution in [3.8, 4) is 0 Å². The van der Waals surface area contributed by atoms with E-state index in [1.165, 1.54) is 0 Å². The van der Waals surface area contributed by atoms with Gasteiger partial charge in [0.1, 0.15) is 5.78 Å². The molecule has 0 atom stereocenters. The van der Waals surface area contributed by atoms with Crippen molar-refractivity contribution < 1.29 is 4.79 Å². The Hall–Kier alpha value is -0.920. The molecule has 10 heavy (non-hydrogen) atoms. The monoisotopic (exact) mass is 139 g/mol. The van der Waals surface area contributed by atoms with Crippen molar-refractivity contribution in [3.63, 3.8) is 0 Å². The van der Waals surface area contributed by atoms with Gasteiger partial charge in [-0.15, -0.1) is 0 Å². The van der Waals surface area contributed by atoms with Crippen molar-refractivity contribution in [3.05, 3.63) is 12.2 Å². The van der Waals surface area contributed by atoms with Crippen LogP contribution in [0.15, 0.2) is 17.1 Å². The predicted octanol–water partition coefficient (Wildman–Crippen LogP) is 1.61. The van der Waals surface area contributed by atoms with E-state index in [9.17, 15) is 4.79 Å². The summed E-state index contributed by atoms with van der Waals surface area (Å²) in [7, 11) is 0. The third-order valence-electron chi connectivity index (χ3n) is 1.12. The van der Waals surface area contributed by atoms with Crippen molar-refractivity contribution in [2.45, 2.75) is 19.8 Å². The molecule has 0 spiro atoms. The number of nitrogens with zero attached hydrogens (tertiary/aromatic N) is 1. The van der Waals surface area contributed by atoms with Crippen molar-refractivity contribution in [1.82, 2.24) is 0 Å². The normalized spacial score (nSPS) is 8.90. The molecular weight excluding hydrogens is 126 g/mol. The van der Waals surface area contributed by atoms with Crippen LogP contribution in [0.3, 0.4) is 0 Å². The van der Waals surface area contributed by atoms with Crippen LogP contribution in [0.5, 0.6) is 0 Å². The van der Waals surface area contributed by atoms with Gasteiger partial charge in [-0.3, -0.25) is 4.79 Å². The number of rotatable bonds is 5. The second kappa shape index (κ2) is 4.91. The summed E-state index contributed by atoms with van der Waals surface area (Å²) in [6, 6.07) is 0. The van der Waals surface area contributed by atoms with E-state index in [0.717, 1.165) is 12.0 Å². The van der Waals surface area contributed by atoms with Crippen molar-refractivity contribution >= 4 is 12.5 Å². The number of hydrogen-bond donors (Lipinski definition) is 0. The van der Waals surface area contributed by atoms with Crippen molar-refractivity contribution in [2.24, 2.45) is 4.99 Å². The molecule has 0 aromatic carbocycles. The lowest BCUT2D eigenvalue weighted by Gasteiger charge is -1.97. The Morgan fingerprint density at radius 1 is 1.60 bits per heavy atom. The van der Waals surface area contributed by atoms with E-state index in [-0.39, 0.29) is 5.78 Å². The topological polar surface area (TPSA) is 29.4 Å². The summed E-state index contributed by atoms with van der Waals surface area (Å²) in [5, 5.41) is 0. The molecule has 0 fully saturated rings. The molecule has 2 heteroatoms. The van der Waals surface area contributed by atoms with Crippen molar-refractivity contribution in [2.75, 3.05) is 6.54 Å². The number of carbonyl (C=O) groups is 1. The fourth-order valence-corrected chi connectivity index (χ4v) is 0.678. The summed E-state index contributed by atoms with van der Waals surface area (Å²) >= 11 is 0. The van der Waals surface area contributed by atoms with Gasteiger partial charge >= 0.3 is 0 Å². The van der Waals surface area contributed by atoms with E-state index >= 15 is 0 Å². The lowest BCUT2D eigenvalue weighted by Crippen LogP contribution is -1.93. The highest BCUT2D eigenvalue weighted by atomic mass is 16.1. The maximum Gasteiger partial charge on any atom is 0.133 e. The van der Waals surface area contributed by atoms with Gasteiger partial charge < -0.3 is 4.99 Å². The fourth-order valence-electron chi connectivity index (χ4n) is 0.678. The zero-order chi connectivity index (χ0) is 7.98. The minimum atomic E-state index is 0.161. The van der Waals surface area contributed by atoms with E-state index in [2.05, 4.69) is 18.3 Å². The molecule has 0 aliphatic carbocycles. The van der Waals surface area contributed by atoms with E-state index < -0.39 is 0 Å². The highest BCUT2D eigenvalue weighted by molar-refractivity contribution is 5.77. The second-order valence-corrected chi connectivity index (χ2v) is 2.33. The molecule has 2 nitrogen and oxygen atoms in total. The lowest BCUT2D eigenvalue weighted by molar-refractivity contribution is -0.116. The van der Waals surface area contributed by atoms with Gasteiger partial charge in [0.05, 0.1) is 0 Å². The average molecular weight is 139 g/mol. The molecule has 0 radical (unpaired) electrons. The summed E-state index contributed by atoms with van der Waals surface area (Å²) < 4.78 is 0. The highest BCUT2D eigenvalue weighted by Crippen LogP contribution is 2.03. The Morgan fingerprint density at radius 3 is 2.60 bits per heavy atom. The van der Waals surface area contributed by atoms with Crippen LogP contribution in [0.25, 0.3) is 0 Å². The molecular formula is C8H13NO. The smallest absolute Gasteiger partial charge is 0.133 e. The molecule has 0 aliphatic heterocycles. The second-order valence-electron chi connectivity index (χ2n) is 2.33. The maximum absolute atomic E-state index is 10.5. The fraction of sp³-hybridized carbons (Fsp3) is 0.500. The van der Waals surface area contributed by atoms with Crippen LogP contribution in [0.4, 0.5) is 0 Å². The first-order valence-corrected chi connectivity index (χ1v) is 3.25. The van der Waals surface area contributed by atoms with Gasteiger partial charge in [-0.1, -0.05) is 12.2 Å². The Labute approximate surface area is 61.7 Å². The van der Waals surface area contributed by atoms with Crippen LogP contribution >= 0.6 is 0 Å². The molecule has 0 bridgehead atoms. The van der Waals surface area contributed by atoms with Crippen LogP contribution in [-0.4, -0.2) is 19.0 Å². The highest BCUT2D eigenvalue weighted by Gasteiger charge is 1.96. The Balaban J connectivity index is 3.43. The van der Waals surface area contributed by atoms with Gasteiger partial charge in [0.15, 0.2) is 0 Å². The molecule has 0 aromatic rings. The quantitative estimate of drug-likeness (QED) is 0.420. The first-order valence-electron chi connectivity index (χ1n) is 3.25. The first kappa shape index (κ1) is 9.08. The van der Waals surface area contributed by atoms with E-state index in [0.29, 0.717) is 13.0 Å². The van der Waals surface area contributed by atoms with Crippen LogP contribution in [0, 0.1) is 0 Å². The standard InChI is InChI=1S/C8H13NO/c1-7(4-5-9-3)6-8(2)10/h1,3-6H2,2H3. The third-order valence-corrected chi connectivity index (χ3v) is 1.12. The van der Waals surface area contributed by atoms with Gasteiger partial charge in [-0.05, 0) is 20.1 Å². The molecule has 0 rings (SSSR count). The first-order chi connectivity index (χ1) is 4.66. The van der Waals surface area contributed by atoms with E-state index in [4.69, 9.17) is 0 Å². The average Bonchev–Trinajstić information content (AvgIpc) is 1.82. The zero-order valence-corrected chi connectivity index (χ0v) is 6.39. The Morgan fingerprint density at radius 2 is 2.20 bits per heavy atom.